The van der Waals surface area contributed by atoms with E-state index in [0.29, 0.717) is 16.9 Å². The number of benzene rings is 1. The zero-order chi connectivity index (χ0) is 10.7. The fourth-order valence-corrected chi connectivity index (χ4v) is 1.49. The first-order valence-corrected chi connectivity index (χ1v) is 4.31. The van der Waals surface area contributed by atoms with Gasteiger partial charge in [0.05, 0.1) is 7.11 Å². The molecular formula is C10H14FNO2. The number of methoxy groups -OCH3 is 1. The Hall–Kier alpha value is -1.13. The summed E-state index contributed by atoms with van der Waals surface area (Å²) in [5.74, 6) is 0.332. The molecule has 3 nitrogen and oxygen atoms in total. The first-order chi connectivity index (χ1) is 6.61. The molecule has 0 aromatic heterocycles. The Morgan fingerprint density at radius 3 is 2.64 bits per heavy atom. The highest BCUT2D eigenvalue weighted by Crippen LogP contribution is 2.28. The minimum Gasteiger partial charge on any atom is -0.496 e. The van der Waals surface area contributed by atoms with Gasteiger partial charge in [0.15, 0.2) is 0 Å². The summed E-state index contributed by atoms with van der Waals surface area (Å²) in [6.07, 6.45) is 0. The van der Waals surface area contributed by atoms with Crippen molar-refractivity contribution in [3.8, 4) is 5.75 Å². The topological polar surface area (TPSA) is 41.5 Å². The van der Waals surface area contributed by atoms with Crippen LogP contribution in [0.5, 0.6) is 5.75 Å². The normalized spacial score (nSPS) is 10.4. The third-order valence-electron chi connectivity index (χ3n) is 2.25. The fraction of sp³-hybridized carbons (Fsp3) is 0.400. The van der Waals surface area contributed by atoms with E-state index in [1.165, 1.54) is 13.2 Å². The highest BCUT2D eigenvalue weighted by molar-refractivity contribution is 5.46. The van der Waals surface area contributed by atoms with Crippen LogP contribution in [-0.2, 0) is 6.54 Å². The van der Waals surface area contributed by atoms with Gasteiger partial charge in [-0.1, -0.05) is 0 Å². The first kappa shape index (κ1) is 10.9. The molecule has 1 aromatic carbocycles. The van der Waals surface area contributed by atoms with E-state index in [4.69, 9.17) is 9.94 Å². The van der Waals surface area contributed by atoms with Crippen molar-refractivity contribution in [2.75, 3.05) is 7.11 Å². The number of ether oxygens (including phenoxy) is 1. The zero-order valence-electron chi connectivity index (χ0n) is 8.52. The second-order valence-corrected chi connectivity index (χ2v) is 3.15. The van der Waals surface area contributed by atoms with Gasteiger partial charge < -0.3 is 9.94 Å². The number of rotatable bonds is 3. The van der Waals surface area contributed by atoms with Crippen molar-refractivity contribution >= 4 is 0 Å². The number of hydrogen-bond donors (Lipinski definition) is 2. The van der Waals surface area contributed by atoms with Crippen LogP contribution in [0.4, 0.5) is 4.39 Å². The summed E-state index contributed by atoms with van der Waals surface area (Å²) in [4.78, 5) is 0. The lowest BCUT2D eigenvalue weighted by atomic mass is 10.0. The van der Waals surface area contributed by atoms with Crippen LogP contribution in [0.25, 0.3) is 0 Å². The fourth-order valence-electron chi connectivity index (χ4n) is 1.49. The molecule has 1 rings (SSSR count). The lowest BCUT2D eigenvalue weighted by molar-refractivity contribution is 0.159. The van der Waals surface area contributed by atoms with Crippen LogP contribution < -0.4 is 10.2 Å². The highest BCUT2D eigenvalue weighted by atomic mass is 19.1. The molecule has 0 spiro atoms. The zero-order valence-corrected chi connectivity index (χ0v) is 8.52. The Morgan fingerprint density at radius 1 is 1.50 bits per heavy atom. The Kier molecular flexibility index (Phi) is 3.43. The SMILES string of the molecule is COc1c(C)cc(F)c(C)c1CNO. The molecule has 0 amide bonds. The third kappa shape index (κ3) is 1.86. The predicted molar refractivity (Wildman–Crippen MR) is 51.1 cm³/mol. The summed E-state index contributed by atoms with van der Waals surface area (Å²) in [6, 6.07) is 1.43. The lowest BCUT2D eigenvalue weighted by Crippen LogP contribution is -2.11. The number of nitrogens with one attached hydrogen (secondary N) is 1. The largest absolute Gasteiger partial charge is 0.496 e. The number of halogens is 1. The molecule has 0 saturated heterocycles. The second-order valence-electron chi connectivity index (χ2n) is 3.15. The molecule has 0 radical (unpaired) electrons. The maximum Gasteiger partial charge on any atom is 0.126 e. The van der Waals surface area contributed by atoms with Crippen LogP contribution in [0.3, 0.4) is 0 Å². The van der Waals surface area contributed by atoms with Gasteiger partial charge in [0, 0.05) is 12.1 Å². The summed E-state index contributed by atoms with van der Waals surface area (Å²) < 4.78 is 18.5. The predicted octanol–water partition coefficient (Wildman–Crippen LogP) is 1.93. The average Bonchev–Trinajstić information content (AvgIpc) is 2.14. The molecule has 0 fully saturated rings. The van der Waals surface area contributed by atoms with E-state index in [2.05, 4.69) is 0 Å². The van der Waals surface area contributed by atoms with E-state index < -0.39 is 0 Å². The van der Waals surface area contributed by atoms with Crippen molar-refractivity contribution in [3.05, 3.63) is 28.6 Å². The summed E-state index contributed by atoms with van der Waals surface area (Å²) >= 11 is 0. The van der Waals surface area contributed by atoms with Crippen molar-refractivity contribution in [2.24, 2.45) is 0 Å². The van der Waals surface area contributed by atoms with Gasteiger partial charge in [-0.05, 0) is 31.0 Å². The minimum absolute atomic E-state index is 0.174. The van der Waals surface area contributed by atoms with Gasteiger partial charge in [0.2, 0.25) is 0 Å². The van der Waals surface area contributed by atoms with Crippen molar-refractivity contribution in [3.63, 3.8) is 0 Å². The molecule has 0 heterocycles. The summed E-state index contributed by atoms with van der Waals surface area (Å²) in [5.41, 5.74) is 3.87. The maximum atomic E-state index is 13.3. The third-order valence-corrected chi connectivity index (χ3v) is 2.25. The molecule has 2 N–H and O–H groups in total. The van der Waals surface area contributed by atoms with Gasteiger partial charge in [-0.3, -0.25) is 0 Å². The molecule has 0 aliphatic carbocycles. The monoisotopic (exact) mass is 199 g/mol. The van der Waals surface area contributed by atoms with Crippen LogP contribution >= 0.6 is 0 Å². The van der Waals surface area contributed by atoms with Crippen molar-refractivity contribution < 1.29 is 14.3 Å². The maximum absolute atomic E-state index is 13.3. The van der Waals surface area contributed by atoms with Gasteiger partial charge in [0.1, 0.15) is 11.6 Å². The molecular weight excluding hydrogens is 185 g/mol. The van der Waals surface area contributed by atoms with E-state index in [0.717, 1.165) is 5.56 Å². The Balaban J connectivity index is 3.32. The van der Waals surface area contributed by atoms with Crippen molar-refractivity contribution in [1.29, 1.82) is 0 Å². The van der Waals surface area contributed by atoms with Gasteiger partial charge in [-0.15, -0.1) is 0 Å². The van der Waals surface area contributed by atoms with Crippen molar-refractivity contribution in [2.45, 2.75) is 20.4 Å². The summed E-state index contributed by atoms with van der Waals surface area (Å²) in [5, 5.41) is 8.62. The quantitative estimate of drug-likeness (QED) is 0.731. The van der Waals surface area contributed by atoms with E-state index in [-0.39, 0.29) is 12.4 Å². The number of hydroxylamine groups is 1. The lowest BCUT2D eigenvalue weighted by Gasteiger charge is -2.14. The standard InChI is InChI=1S/C10H14FNO2/c1-6-4-9(11)7(2)8(5-12-13)10(6)14-3/h4,12-13H,5H2,1-3H3. The average molecular weight is 199 g/mol. The van der Waals surface area contributed by atoms with Crippen LogP contribution in [0, 0.1) is 19.7 Å². The Labute approximate surface area is 82.5 Å². The van der Waals surface area contributed by atoms with Crippen LogP contribution in [0.2, 0.25) is 0 Å². The molecule has 0 saturated carbocycles. The van der Waals surface area contributed by atoms with Crippen LogP contribution in [0.15, 0.2) is 6.07 Å². The van der Waals surface area contributed by atoms with Gasteiger partial charge in [0.25, 0.3) is 0 Å². The van der Waals surface area contributed by atoms with E-state index in [1.807, 2.05) is 5.48 Å². The van der Waals surface area contributed by atoms with Crippen molar-refractivity contribution in [1.82, 2.24) is 5.48 Å². The summed E-state index contributed by atoms with van der Waals surface area (Å²) in [6.45, 7) is 3.60. The highest BCUT2D eigenvalue weighted by Gasteiger charge is 2.13. The van der Waals surface area contributed by atoms with E-state index >= 15 is 0 Å². The minimum atomic E-state index is -0.284. The molecule has 0 bridgehead atoms. The second kappa shape index (κ2) is 4.39. The molecule has 0 aliphatic heterocycles. The summed E-state index contributed by atoms with van der Waals surface area (Å²) in [7, 11) is 1.53. The molecule has 1 aromatic rings. The van der Waals surface area contributed by atoms with Gasteiger partial charge in [-0.2, -0.15) is 0 Å². The van der Waals surface area contributed by atoms with E-state index in [1.54, 1.807) is 13.8 Å². The molecule has 78 valence electrons. The number of hydrogen-bond acceptors (Lipinski definition) is 3. The molecule has 0 unspecified atom stereocenters. The molecule has 4 heteroatoms. The smallest absolute Gasteiger partial charge is 0.126 e. The van der Waals surface area contributed by atoms with Gasteiger partial charge in [-0.25, -0.2) is 9.87 Å². The first-order valence-electron chi connectivity index (χ1n) is 4.31. The Bertz CT molecular complexity index is 339. The molecule has 0 aliphatic rings. The van der Waals surface area contributed by atoms with Crippen LogP contribution in [0.1, 0.15) is 16.7 Å². The van der Waals surface area contributed by atoms with Gasteiger partial charge >= 0.3 is 0 Å². The molecule has 14 heavy (non-hydrogen) atoms. The number of aryl methyl sites for hydroxylation is 1. The van der Waals surface area contributed by atoms with Crippen LogP contribution in [-0.4, -0.2) is 12.3 Å². The van der Waals surface area contributed by atoms with E-state index in [9.17, 15) is 4.39 Å². The Morgan fingerprint density at radius 2 is 2.14 bits per heavy atom. The molecule has 0 atom stereocenters.